The van der Waals surface area contributed by atoms with Gasteiger partial charge in [0, 0.05) is 21.5 Å². The molecule has 1 heterocycles. The molecule has 3 aromatic carbocycles. The number of aromatic nitrogens is 1. The van der Waals surface area contributed by atoms with Gasteiger partial charge < -0.3 is 0 Å². The highest BCUT2D eigenvalue weighted by atomic mass is 35.5. The molecular formula is C24H19ClN2OS. The van der Waals surface area contributed by atoms with E-state index in [4.69, 9.17) is 11.6 Å². The minimum absolute atomic E-state index is 0.145. The molecule has 0 aliphatic heterocycles. The lowest BCUT2D eigenvalue weighted by molar-refractivity contribution is 0.102. The van der Waals surface area contributed by atoms with Gasteiger partial charge in [0.05, 0.1) is 5.69 Å². The molecule has 144 valence electrons. The van der Waals surface area contributed by atoms with Crippen LogP contribution in [0.15, 0.2) is 84.2 Å². The number of anilines is 1. The molecule has 0 radical (unpaired) electrons. The number of rotatable bonds is 6. The number of carbonyl (C=O) groups excluding carboxylic acids is 1. The number of aryl methyl sites for hydroxylation is 2. The van der Waals surface area contributed by atoms with E-state index in [0.29, 0.717) is 15.7 Å². The first-order valence-corrected chi connectivity index (χ1v) is 10.6. The van der Waals surface area contributed by atoms with Crippen LogP contribution >= 0.6 is 22.9 Å². The molecule has 5 heteroatoms. The molecule has 0 atom stereocenters. The van der Waals surface area contributed by atoms with E-state index < -0.39 is 0 Å². The van der Waals surface area contributed by atoms with Gasteiger partial charge >= 0.3 is 0 Å². The summed E-state index contributed by atoms with van der Waals surface area (Å²) < 4.78 is 0. The van der Waals surface area contributed by atoms with Gasteiger partial charge in [-0.1, -0.05) is 78.3 Å². The fraction of sp³-hybridized carbons (Fsp3) is 0.0833. The summed E-state index contributed by atoms with van der Waals surface area (Å²) in [5.41, 5.74) is 4.57. The Morgan fingerprint density at radius 1 is 0.897 bits per heavy atom. The van der Waals surface area contributed by atoms with Gasteiger partial charge in [0.2, 0.25) is 0 Å². The first kappa shape index (κ1) is 19.4. The van der Waals surface area contributed by atoms with Gasteiger partial charge in [0.15, 0.2) is 5.13 Å². The Morgan fingerprint density at radius 3 is 2.45 bits per heavy atom. The summed E-state index contributed by atoms with van der Waals surface area (Å²) in [7, 11) is 0. The molecule has 1 amide bonds. The Hall–Kier alpha value is -2.95. The van der Waals surface area contributed by atoms with E-state index in [1.54, 1.807) is 0 Å². The third-order valence-electron chi connectivity index (χ3n) is 4.66. The quantitative estimate of drug-likeness (QED) is 0.388. The SMILES string of the molecule is O=C(Nc1nc(-c2ccccc2Cl)cs1)c1ccccc1CCc1ccccc1. The van der Waals surface area contributed by atoms with E-state index in [-0.39, 0.29) is 5.91 Å². The fourth-order valence-electron chi connectivity index (χ4n) is 3.17. The number of hydrogen-bond acceptors (Lipinski definition) is 3. The maximum absolute atomic E-state index is 12.9. The van der Waals surface area contributed by atoms with Crippen molar-refractivity contribution in [2.24, 2.45) is 0 Å². The first-order valence-electron chi connectivity index (χ1n) is 9.34. The van der Waals surface area contributed by atoms with Gasteiger partial charge in [0.25, 0.3) is 5.91 Å². The van der Waals surface area contributed by atoms with E-state index in [0.717, 1.165) is 29.7 Å². The standard InChI is InChI=1S/C24H19ClN2OS/c25-21-13-7-6-12-20(21)22-16-29-24(26-22)27-23(28)19-11-5-4-10-18(19)15-14-17-8-2-1-3-9-17/h1-13,16H,14-15H2,(H,26,27,28). The number of carbonyl (C=O) groups is 1. The van der Waals surface area contributed by atoms with Gasteiger partial charge in [-0.15, -0.1) is 11.3 Å². The highest BCUT2D eigenvalue weighted by molar-refractivity contribution is 7.14. The minimum atomic E-state index is -0.145. The van der Waals surface area contributed by atoms with Crippen molar-refractivity contribution in [3.63, 3.8) is 0 Å². The van der Waals surface area contributed by atoms with Crippen LogP contribution in [0.2, 0.25) is 5.02 Å². The van der Waals surface area contributed by atoms with Crippen LogP contribution < -0.4 is 5.32 Å². The predicted octanol–water partition coefficient (Wildman–Crippen LogP) is 6.50. The Morgan fingerprint density at radius 2 is 1.62 bits per heavy atom. The maximum atomic E-state index is 12.9. The van der Waals surface area contributed by atoms with E-state index in [1.807, 2.05) is 72.1 Å². The number of hydrogen-bond donors (Lipinski definition) is 1. The second-order valence-electron chi connectivity index (χ2n) is 6.61. The Kier molecular flexibility index (Phi) is 6.03. The van der Waals surface area contributed by atoms with Crippen LogP contribution in [-0.4, -0.2) is 10.9 Å². The van der Waals surface area contributed by atoms with Crippen LogP contribution in [0.4, 0.5) is 5.13 Å². The lowest BCUT2D eigenvalue weighted by Gasteiger charge is -2.09. The maximum Gasteiger partial charge on any atom is 0.257 e. The summed E-state index contributed by atoms with van der Waals surface area (Å²) in [6, 6.07) is 25.6. The van der Waals surface area contributed by atoms with Gasteiger partial charge in [-0.05, 0) is 36.1 Å². The number of nitrogens with one attached hydrogen (secondary N) is 1. The molecule has 0 saturated heterocycles. The zero-order valence-electron chi connectivity index (χ0n) is 15.6. The fourth-order valence-corrected chi connectivity index (χ4v) is 4.11. The van der Waals surface area contributed by atoms with Crippen LogP contribution in [0, 0.1) is 0 Å². The summed E-state index contributed by atoms with van der Waals surface area (Å²) in [5.74, 6) is -0.145. The summed E-state index contributed by atoms with van der Waals surface area (Å²) in [6.07, 6.45) is 1.69. The summed E-state index contributed by atoms with van der Waals surface area (Å²) in [5, 5.41) is 6.03. The number of benzene rings is 3. The second-order valence-corrected chi connectivity index (χ2v) is 7.88. The van der Waals surface area contributed by atoms with Crippen molar-refractivity contribution < 1.29 is 4.79 Å². The number of nitrogens with zero attached hydrogens (tertiary/aromatic N) is 1. The predicted molar refractivity (Wildman–Crippen MR) is 121 cm³/mol. The van der Waals surface area contributed by atoms with Crippen molar-refractivity contribution in [2.75, 3.05) is 5.32 Å². The van der Waals surface area contributed by atoms with Gasteiger partial charge in [-0.3, -0.25) is 10.1 Å². The molecule has 4 aromatic rings. The van der Waals surface area contributed by atoms with Crippen molar-refractivity contribution in [1.82, 2.24) is 4.98 Å². The first-order chi connectivity index (χ1) is 14.2. The normalized spacial score (nSPS) is 10.7. The number of amides is 1. The molecule has 0 fully saturated rings. The average Bonchev–Trinajstić information content (AvgIpc) is 3.21. The van der Waals surface area contributed by atoms with E-state index >= 15 is 0 Å². The van der Waals surface area contributed by atoms with Gasteiger partial charge in [-0.2, -0.15) is 0 Å². The third kappa shape index (κ3) is 4.73. The van der Waals surface area contributed by atoms with Gasteiger partial charge in [-0.25, -0.2) is 4.98 Å². The molecule has 0 unspecified atom stereocenters. The lowest BCUT2D eigenvalue weighted by atomic mass is 9.99. The van der Waals surface area contributed by atoms with E-state index in [2.05, 4.69) is 22.4 Å². The largest absolute Gasteiger partial charge is 0.298 e. The van der Waals surface area contributed by atoms with Crippen LogP contribution in [0.5, 0.6) is 0 Å². The molecule has 0 aliphatic rings. The molecule has 0 spiro atoms. The molecule has 1 N–H and O–H groups in total. The second kappa shape index (κ2) is 9.03. The molecular weight excluding hydrogens is 400 g/mol. The Bertz CT molecular complexity index is 1120. The van der Waals surface area contributed by atoms with E-state index in [1.165, 1.54) is 16.9 Å². The van der Waals surface area contributed by atoms with Crippen LogP contribution in [-0.2, 0) is 12.8 Å². The molecule has 4 rings (SSSR count). The van der Waals surface area contributed by atoms with Crippen molar-refractivity contribution in [3.05, 3.63) is 106 Å². The van der Waals surface area contributed by atoms with E-state index in [9.17, 15) is 4.79 Å². The summed E-state index contributed by atoms with van der Waals surface area (Å²) in [6.45, 7) is 0. The lowest BCUT2D eigenvalue weighted by Crippen LogP contribution is -2.14. The average molecular weight is 419 g/mol. The summed E-state index contributed by atoms with van der Waals surface area (Å²) >= 11 is 7.64. The molecule has 0 bridgehead atoms. The summed E-state index contributed by atoms with van der Waals surface area (Å²) in [4.78, 5) is 17.4. The van der Waals surface area contributed by atoms with Crippen LogP contribution in [0.3, 0.4) is 0 Å². The zero-order valence-corrected chi connectivity index (χ0v) is 17.2. The van der Waals surface area contributed by atoms with Crippen LogP contribution in [0.25, 0.3) is 11.3 Å². The van der Waals surface area contributed by atoms with Crippen LogP contribution in [0.1, 0.15) is 21.5 Å². The molecule has 29 heavy (non-hydrogen) atoms. The molecule has 0 saturated carbocycles. The third-order valence-corrected chi connectivity index (χ3v) is 5.75. The Labute approximate surface area is 179 Å². The highest BCUT2D eigenvalue weighted by Crippen LogP contribution is 2.30. The van der Waals surface area contributed by atoms with Gasteiger partial charge in [0.1, 0.15) is 0 Å². The topological polar surface area (TPSA) is 42.0 Å². The monoisotopic (exact) mass is 418 g/mol. The molecule has 0 aliphatic carbocycles. The van der Waals surface area contributed by atoms with Crippen molar-refractivity contribution >= 4 is 34.0 Å². The van der Waals surface area contributed by atoms with Crippen molar-refractivity contribution in [1.29, 1.82) is 0 Å². The zero-order chi connectivity index (χ0) is 20.1. The smallest absolute Gasteiger partial charge is 0.257 e. The highest BCUT2D eigenvalue weighted by Gasteiger charge is 2.14. The number of thiazole rings is 1. The minimum Gasteiger partial charge on any atom is -0.298 e. The van der Waals surface area contributed by atoms with Crippen molar-refractivity contribution in [2.45, 2.75) is 12.8 Å². The molecule has 1 aromatic heterocycles. The molecule has 3 nitrogen and oxygen atoms in total. The Balaban J connectivity index is 1.49. The van der Waals surface area contributed by atoms with Crippen molar-refractivity contribution in [3.8, 4) is 11.3 Å². The number of halogens is 1.